The topological polar surface area (TPSA) is 106 Å². The van der Waals surface area contributed by atoms with E-state index in [2.05, 4.69) is 55.1 Å². The lowest BCUT2D eigenvalue weighted by molar-refractivity contribution is -0.382. The summed E-state index contributed by atoms with van der Waals surface area (Å²) in [5.41, 5.74) is 8.61. The Bertz CT molecular complexity index is 1250. The van der Waals surface area contributed by atoms with Crippen molar-refractivity contribution in [2.75, 3.05) is 20.0 Å². The van der Waals surface area contributed by atoms with E-state index in [9.17, 15) is 10.6 Å². The fraction of sp³-hybridized carbons (Fsp3) is 0.419. The van der Waals surface area contributed by atoms with Gasteiger partial charge in [-0.15, -0.1) is 11.8 Å². The van der Waals surface area contributed by atoms with Crippen LogP contribution in [0.4, 0.5) is 0 Å². The highest BCUT2D eigenvalue weighted by Crippen LogP contribution is 2.43. The molecule has 1 heterocycles. The number of ether oxygens (including phenoxy) is 1. The minimum atomic E-state index is -2.90. The van der Waals surface area contributed by atoms with Crippen molar-refractivity contribution < 1.29 is 24.0 Å². The Morgan fingerprint density at radius 2 is 1.51 bits per heavy atom. The van der Waals surface area contributed by atoms with Crippen molar-refractivity contribution in [3.63, 3.8) is 0 Å². The maximum atomic E-state index is 11.8. The second-order valence-electron chi connectivity index (χ2n) is 11.2. The van der Waals surface area contributed by atoms with Crippen LogP contribution in [0.15, 0.2) is 96.1 Å². The molecule has 4 rings (SSSR count). The molecule has 1 aliphatic heterocycles. The molecule has 1 N–H and O–H groups in total. The van der Waals surface area contributed by atoms with Crippen LogP contribution in [-0.2, 0) is 25.4 Å². The Morgan fingerprint density at radius 1 is 0.976 bits per heavy atom. The first-order valence-corrected chi connectivity index (χ1v) is 16.8. The average Bonchev–Trinajstić information content (AvgIpc) is 2.97. The molecule has 5 atom stereocenters. The van der Waals surface area contributed by atoms with Gasteiger partial charge in [-0.3, -0.25) is 0 Å². The van der Waals surface area contributed by atoms with E-state index < -0.39 is 37.6 Å². The van der Waals surface area contributed by atoms with Crippen LogP contribution in [-0.4, -0.2) is 62.7 Å². The van der Waals surface area contributed by atoms with Gasteiger partial charge in [0, 0.05) is 11.3 Å². The van der Waals surface area contributed by atoms with Crippen molar-refractivity contribution >= 4 is 30.5 Å². The molecule has 41 heavy (non-hydrogen) atoms. The van der Waals surface area contributed by atoms with Gasteiger partial charge in [0.15, 0.2) is 5.60 Å². The molecule has 0 aromatic heterocycles. The van der Waals surface area contributed by atoms with E-state index in [0.29, 0.717) is 6.42 Å². The van der Waals surface area contributed by atoms with Crippen LogP contribution in [0.2, 0.25) is 5.04 Å². The fourth-order valence-electron chi connectivity index (χ4n) is 5.95. The molecule has 0 bridgehead atoms. The summed E-state index contributed by atoms with van der Waals surface area (Å²) >= 11 is 1.41. The van der Waals surface area contributed by atoms with E-state index in [-0.39, 0.29) is 11.6 Å². The van der Waals surface area contributed by atoms with Crippen LogP contribution in [0.1, 0.15) is 26.3 Å². The molecule has 0 radical (unpaired) electrons. The number of aliphatic hydroxyl groups is 1. The predicted octanol–water partition coefficient (Wildman–Crippen LogP) is 5.25. The second kappa shape index (κ2) is 13.5. The number of azide groups is 1. The number of hydrogen-bond acceptors (Lipinski definition) is 7. The molecule has 10 heteroatoms. The van der Waals surface area contributed by atoms with E-state index in [4.69, 9.17) is 18.9 Å². The number of benzene rings is 3. The lowest BCUT2D eigenvalue weighted by Gasteiger charge is -2.51. The van der Waals surface area contributed by atoms with Crippen molar-refractivity contribution in [1.82, 2.24) is 0 Å². The molecule has 3 aromatic carbocycles. The van der Waals surface area contributed by atoms with Crippen molar-refractivity contribution in [3.05, 3.63) is 107 Å². The molecule has 218 valence electrons. The summed E-state index contributed by atoms with van der Waals surface area (Å²) in [6.45, 7) is 6.68. The first-order chi connectivity index (χ1) is 19.7. The van der Waals surface area contributed by atoms with Gasteiger partial charge < -0.3 is 14.3 Å². The Kier molecular flexibility index (Phi) is 10.3. The monoisotopic (exact) mass is 593 g/mol. The van der Waals surface area contributed by atoms with Crippen molar-refractivity contribution in [2.45, 2.75) is 61.5 Å². The van der Waals surface area contributed by atoms with Crippen LogP contribution in [0.3, 0.4) is 0 Å². The normalized spacial score (nSPS) is 24.9. The van der Waals surface area contributed by atoms with Crippen LogP contribution < -0.4 is 10.4 Å². The second-order valence-corrected chi connectivity index (χ2v) is 16.4. The Morgan fingerprint density at radius 3 is 1.98 bits per heavy atom. The third kappa shape index (κ3) is 6.25. The summed E-state index contributed by atoms with van der Waals surface area (Å²) in [6.07, 6.45) is 0.199. The zero-order chi connectivity index (χ0) is 29.5. The smallest absolute Gasteiger partial charge is 0.261 e. The molecular formula is C31H39N3O5SSi. The number of nitrogens with zero attached hydrogens (tertiary/aromatic N) is 3. The minimum absolute atomic E-state index is 0.0946. The highest BCUT2D eigenvalue weighted by molar-refractivity contribution is 7.99. The van der Waals surface area contributed by atoms with Gasteiger partial charge in [0.25, 0.3) is 8.32 Å². The molecule has 8 nitrogen and oxygen atoms in total. The minimum Gasteiger partial charge on any atom is -0.405 e. The molecule has 0 saturated carbocycles. The zero-order valence-electron chi connectivity index (χ0n) is 24.2. The molecule has 1 aliphatic rings. The van der Waals surface area contributed by atoms with Crippen molar-refractivity contribution in [1.29, 1.82) is 0 Å². The summed E-state index contributed by atoms with van der Waals surface area (Å²) in [6, 6.07) is 29.3. The first-order valence-electron chi connectivity index (χ1n) is 13.6. The standard InChI is InChI=1S/C31H39N3O5SSi/c1-30(2,3)41(24-17-11-7-12-18-24,25-19-13-8-14-20-25)37-22-26-27(35)28(33-34-32)31(39-36-4,29(38-26)40-5)21-23-15-9-6-10-16-23/h6-20,26-29,35H,21-22H2,1-5H3/t26?,27-,28+,29+,31?/m1/s1. The third-order valence-electron chi connectivity index (χ3n) is 7.74. The van der Waals surface area contributed by atoms with Gasteiger partial charge in [0.1, 0.15) is 17.6 Å². The molecule has 3 aromatic rings. The number of aliphatic hydroxyl groups excluding tert-OH is 1. The number of hydrogen-bond donors (Lipinski definition) is 1. The van der Waals surface area contributed by atoms with Crippen LogP contribution in [0, 0.1) is 0 Å². The third-order valence-corrected chi connectivity index (χ3v) is 13.7. The Labute approximate surface area is 247 Å². The van der Waals surface area contributed by atoms with E-state index in [1.54, 1.807) is 0 Å². The van der Waals surface area contributed by atoms with Crippen LogP contribution in [0.25, 0.3) is 10.4 Å². The molecule has 2 unspecified atom stereocenters. The number of rotatable bonds is 11. The van der Waals surface area contributed by atoms with Crippen molar-refractivity contribution in [3.8, 4) is 0 Å². The molecule has 0 aliphatic carbocycles. The van der Waals surface area contributed by atoms with Gasteiger partial charge in [-0.25, -0.2) is 9.78 Å². The maximum Gasteiger partial charge on any atom is 0.261 e. The maximum absolute atomic E-state index is 11.8. The predicted molar refractivity (Wildman–Crippen MR) is 166 cm³/mol. The van der Waals surface area contributed by atoms with Crippen LogP contribution in [0.5, 0.6) is 0 Å². The first kappa shape index (κ1) is 31.3. The molecule has 0 spiro atoms. The van der Waals surface area contributed by atoms with E-state index in [1.807, 2.05) is 73.0 Å². The Hall–Kier alpha value is -2.66. The fourth-order valence-corrected chi connectivity index (χ4v) is 11.4. The van der Waals surface area contributed by atoms with Gasteiger partial charge in [-0.05, 0) is 32.8 Å². The van der Waals surface area contributed by atoms with Crippen LogP contribution >= 0.6 is 11.8 Å². The zero-order valence-corrected chi connectivity index (χ0v) is 26.0. The van der Waals surface area contributed by atoms with E-state index >= 15 is 0 Å². The molecular weight excluding hydrogens is 555 g/mol. The van der Waals surface area contributed by atoms with Gasteiger partial charge in [0.2, 0.25) is 0 Å². The highest BCUT2D eigenvalue weighted by atomic mass is 32.2. The van der Waals surface area contributed by atoms with E-state index in [1.165, 1.54) is 18.9 Å². The van der Waals surface area contributed by atoms with Gasteiger partial charge in [-0.1, -0.05) is 117 Å². The number of thioether (sulfide) groups is 1. The van der Waals surface area contributed by atoms with E-state index in [0.717, 1.165) is 15.9 Å². The molecule has 0 amide bonds. The summed E-state index contributed by atoms with van der Waals surface area (Å²) in [5, 5.41) is 17.8. The largest absolute Gasteiger partial charge is 0.405 e. The van der Waals surface area contributed by atoms with Gasteiger partial charge in [-0.2, -0.15) is 0 Å². The molecule has 1 fully saturated rings. The summed E-state index contributed by atoms with van der Waals surface area (Å²) in [5.74, 6) is 0. The van der Waals surface area contributed by atoms with Gasteiger partial charge >= 0.3 is 0 Å². The SMILES string of the molecule is COOC1(Cc2ccccc2)[C@H](SC)OC(CO[Si](c2ccccc2)(c2ccccc2)C(C)(C)C)[C@@H](O)[C@@H]1N=[N+]=[N-]. The lowest BCUT2D eigenvalue weighted by atomic mass is 9.81. The highest BCUT2D eigenvalue weighted by Gasteiger charge is 2.59. The average molecular weight is 594 g/mol. The molecule has 1 saturated heterocycles. The Balaban J connectivity index is 1.74. The summed E-state index contributed by atoms with van der Waals surface area (Å²) < 4.78 is 13.6. The quantitative estimate of drug-likeness (QED) is 0.0813. The van der Waals surface area contributed by atoms with Crippen molar-refractivity contribution in [2.24, 2.45) is 5.11 Å². The summed E-state index contributed by atoms with van der Waals surface area (Å²) in [4.78, 5) is 14.2. The summed E-state index contributed by atoms with van der Waals surface area (Å²) in [7, 11) is -1.50. The van der Waals surface area contributed by atoms with Gasteiger partial charge in [0.05, 0.1) is 19.8 Å². The lowest BCUT2D eigenvalue weighted by Crippen LogP contribution is -2.70.